The number of carbonyl (C=O) groups excluding carboxylic acids is 1. The Bertz CT molecular complexity index is 574. The molecule has 108 valence electrons. The third-order valence-electron chi connectivity index (χ3n) is 4.03. The van der Waals surface area contributed by atoms with Gasteiger partial charge in [0.2, 0.25) is 5.91 Å². The monoisotopic (exact) mass is 339 g/mol. The zero-order chi connectivity index (χ0) is 14.5. The number of β-amino-alcohol motifs (C(OH)–C–C–N with tert-alkyl or cyclic N) is 1. The molecule has 0 aliphatic carbocycles. The van der Waals surface area contributed by atoms with Gasteiger partial charge in [0.05, 0.1) is 11.3 Å². The second-order valence-corrected chi connectivity index (χ2v) is 6.62. The van der Waals surface area contributed by atoms with Gasteiger partial charge >= 0.3 is 0 Å². The van der Waals surface area contributed by atoms with Gasteiger partial charge in [-0.05, 0) is 48.5 Å². The number of nitrogens with one attached hydrogen (secondary N) is 2. The summed E-state index contributed by atoms with van der Waals surface area (Å²) in [4.78, 5) is 14.0. The van der Waals surface area contributed by atoms with Crippen molar-refractivity contribution in [1.82, 2.24) is 5.32 Å². The zero-order valence-corrected chi connectivity index (χ0v) is 13.1. The van der Waals surface area contributed by atoms with E-state index >= 15 is 0 Å². The minimum atomic E-state index is -0.644. The van der Waals surface area contributed by atoms with E-state index in [0.717, 1.165) is 34.4 Å². The summed E-state index contributed by atoms with van der Waals surface area (Å²) < 4.78 is 0.950. The van der Waals surface area contributed by atoms with Crippen LogP contribution in [-0.4, -0.2) is 36.8 Å². The van der Waals surface area contributed by atoms with Crippen molar-refractivity contribution < 1.29 is 9.90 Å². The van der Waals surface area contributed by atoms with Crippen LogP contribution < -0.4 is 15.5 Å². The van der Waals surface area contributed by atoms with E-state index < -0.39 is 5.60 Å². The van der Waals surface area contributed by atoms with Crippen LogP contribution in [0.2, 0.25) is 0 Å². The zero-order valence-electron chi connectivity index (χ0n) is 11.5. The molecule has 1 aromatic carbocycles. The number of hydrogen-bond acceptors (Lipinski definition) is 4. The third kappa shape index (κ3) is 2.21. The first-order valence-electron chi connectivity index (χ1n) is 6.70. The van der Waals surface area contributed by atoms with Crippen molar-refractivity contribution in [3.05, 3.63) is 22.2 Å². The maximum absolute atomic E-state index is 11.9. The maximum atomic E-state index is 11.9. The summed E-state index contributed by atoms with van der Waals surface area (Å²) >= 11 is 3.58. The van der Waals surface area contributed by atoms with E-state index in [2.05, 4.69) is 31.5 Å². The lowest BCUT2D eigenvalue weighted by Crippen LogP contribution is -2.29. The van der Waals surface area contributed by atoms with Gasteiger partial charge < -0.3 is 20.6 Å². The molecule has 6 heteroatoms. The number of halogens is 1. The Morgan fingerprint density at radius 3 is 2.90 bits per heavy atom. The van der Waals surface area contributed by atoms with Crippen LogP contribution in [0.4, 0.5) is 11.4 Å². The highest BCUT2D eigenvalue weighted by Crippen LogP contribution is 2.40. The van der Waals surface area contributed by atoms with E-state index in [1.165, 1.54) is 0 Å². The quantitative estimate of drug-likeness (QED) is 0.766. The Labute approximate surface area is 126 Å². The van der Waals surface area contributed by atoms with Crippen LogP contribution in [0.3, 0.4) is 0 Å². The Balaban J connectivity index is 1.96. The molecule has 2 atom stereocenters. The number of rotatable bonds is 2. The first-order chi connectivity index (χ1) is 9.41. The summed E-state index contributed by atoms with van der Waals surface area (Å²) in [5, 5.41) is 16.0. The average molecular weight is 340 g/mol. The molecule has 2 aliphatic rings. The fourth-order valence-corrected chi connectivity index (χ4v) is 3.56. The van der Waals surface area contributed by atoms with E-state index in [4.69, 9.17) is 0 Å². The lowest BCUT2D eigenvalue weighted by Gasteiger charge is -2.23. The van der Waals surface area contributed by atoms with Crippen LogP contribution in [0.25, 0.3) is 0 Å². The lowest BCUT2D eigenvalue weighted by atomic mass is 10.1. The molecule has 2 aliphatic heterocycles. The fourth-order valence-electron chi connectivity index (χ4n) is 2.95. The molecule has 0 spiro atoms. The Hall–Kier alpha value is -1.11. The van der Waals surface area contributed by atoms with Crippen LogP contribution in [0.15, 0.2) is 16.6 Å². The van der Waals surface area contributed by atoms with Crippen molar-refractivity contribution in [2.24, 2.45) is 0 Å². The predicted octanol–water partition coefficient (Wildman–Crippen LogP) is 1.62. The van der Waals surface area contributed by atoms with E-state index in [1.54, 1.807) is 7.05 Å². The molecule has 1 aromatic rings. The molecule has 0 radical (unpaired) electrons. The Morgan fingerprint density at radius 1 is 1.55 bits per heavy atom. The first kappa shape index (κ1) is 13.9. The number of fused-ring (bicyclic) bond motifs is 1. The molecule has 20 heavy (non-hydrogen) atoms. The maximum Gasteiger partial charge on any atom is 0.246 e. The minimum absolute atomic E-state index is 0.0278. The first-order valence-corrected chi connectivity index (χ1v) is 7.49. The summed E-state index contributed by atoms with van der Waals surface area (Å²) in [5.41, 5.74) is 2.17. The van der Waals surface area contributed by atoms with E-state index in [9.17, 15) is 9.90 Å². The van der Waals surface area contributed by atoms with Crippen LogP contribution in [0, 0.1) is 0 Å². The summed E-state index contributed by atoms with van der Waals surface area (Å²) in [6.45, 7) is 3.27. The number of likely N-dealkylation sites (N-methyl/N-ethyl adjacent to an activating group) is 1. The molecule has 1 saturated heterocycles. The van der Waals surface area contributed by atoms with Crippen molar-refractivity contribution in [2.45, 2.75) is 25.0 Å². The standard InChI is InChI=1S/C14H18BrN3O2/c1-14(20)3-4-18(7-14)11-6-10-8(5-9(11)15)12(16-2)13(19)17-10/h5-6,12,16,20H,3-4,7H2,1-2H3,(H,17,19). The van der Waals surface area contributed by atoms with E-state index in [0.29, 0.717) is 6.54 Å². The molecule has 1 fully saturated rings. The predicted molar refractivity (Wildman–Crippen MR) is 82.0 cm³/mol. The van der Waals surface area contributed by atoms with Crippen molar-refractivity contribution in [3.8, 4) is 0 Å². The highest BCUT2D eigenvalue weighted by Gasteiger charge is 2.35. The Kier molecular flexibility index (Phi) is 3.27. The number of aliphatic hydroxyl groups is 1. The molecule has 3 N–H and O–H groups in total. The van der Waals surface area contributed by atoms with Gasteiger partial charge in [-0.15, -0.1) is 0 Å². The molecule has 2 heterocycles. The molecule has 1 amide bonds. The highest BCUT2D eigenvalue weighted by atomic mass is 79.9. The summed E-state index contributed by atoms with van der Waals surface area (Å²) in [6, 6.07) is 3.67. The highest BCUT2D eigenvalue weighted by molar-refractivity contribution is 9.10. The van der Waals surface area contributed by atoms with E-state index in [-0.39, 0.29) is 11.9 Å². The van der Waals surface area contributed by atoms with Crippen molar-refractivity contribution in [1.29, 1.82) is 0 Å². The van der Waals surface area contributed by atoms with Crippen LogP contribution in [-0.2, 0) is 4.79 Å². The topological polar surface area (TPSA) is 64.6 Å². The third-order valence-corrected chi connectivity index (χ3v) is 4.67. The van der Waals surface area contributed by atoms with Gasteiger partial charge in [-0.2, -0.15) is 0 Å². The molecule has 0 aromatic heterocycles. The normalized spacial score (nSPS) is 28.7. The number of nitrogens with zero attached hydrogens (tertiary/aromatic N) is 1. The minimum Gasteiger partial charge on any atom is -0.388 e. The van der Waals surface area contributed by atoms with Crippen molar-refractivity contribution in [3.63, 3.8) is 0 Å². The molecule has 3 rings (SSSR count). The van der Waals surface area contributed by atoms with Gasteiger partial charge in [0.25, 0.3) is 0 Å². The van der Waals surface area contributed by atoms with Gasteiger partial charge in [-0.1, -0.05) is 0 Å². The number of carbonyl (C=O) groups is 1. The summed E-state index contributed by atoms with van der Waals surface area (Å²) in [7, 11) is 1.78. The average Bonchev–Trinajstić information content (AvgIpc) is 2.87. The van der Waals surface area contributed by atoms with Gasteiger partial charge in [-0.3, -0.25) is 4.79 Å². The van der Waals surface area contributed by atoms with E-state index in [1.807, 2.05) is 19.1 Å². The van der Waals surface area contributed by atoms with Crippen molar-refractivity contribution >= 4 is 33.2 Å². The number of amides is 1. The molecule has 2 unspecified atom stereocenters. The summed E-state index contributed by atoms with van der Waals surface area (Å²) in [5.74, 6) is -0.0278. The molecule has 0 saturated carbocycles. The number of hydrogen-bond donors (Lipinski definition) is 3. The second kappa shape index (κ2) is 4.72. The van der Waals surface area contributed by atoms with Gasteiger partial charge in [0.1, 0.15) is 6.04 Å². The largest absolute Gasteiger partial charge is 0.388 e. The lowest BCUT2D eigenvalue weighted by molar-refractivity contribution is -0.117. The van der Waals surface area contributed by atoms with Crippen LogP contribution >= 0.6 is 15.9 Å². The SMILES string of the molecule is CNC1C(=O)Nc2cc(N3CCC(C)(O)C3)c(Br)cc21. The summed E-state index contributed by atoms with van der Waals surface area (Å²) in [6.07, 6.45) is 0.752. The molecular weight excluding hydrogens is 322 g/mol. The Morgan fingerprint density at radius 2 is 2.30 bits per heavy atom. The van der Waals surface area contributed by atoms with Gasteiger partial charge in [-0.25, -0.2) is 0 Å². The second-order valence-electron chi connectivity index (χ2n) is 5.77. The van der Waals surface area contributed by atoms with Crippen LogP contribution in [0.1, 0.15) is 24.9 Å². The molecular formula is C14H18BrN3O2. The number of anilines is 2. The van der Waals surface area contributed by atoms with Crippen molar-refractivity contribution in [2.75, 3.05) is 30.4 Å². The smallest absolute Gasteiger partial charge is 0.246 e. The molecule has 5 nitrogen and oxygen atoms in total. The van der Waals surface area contributed by atoms with Crippen LogP contribution in [0.5, 0.6) is 0 Å². The number of benzene rings is 1. The van der Waals surface area contributed by atoms with Gasteiger partial charge in [0, 0.05) is 28.8 Å². The fraction of sp³-hybridized carbons (Fsp3) is 0.500. The molecule has 0 bridgehead atoms. The van der Waals surface area contributed by atoms with Gasteiger partial charge in [0.15, 0.2) is 0 Å².